The minimum absolute atomic E-state index is 0.0660. The Balaban J connectivity index is 2.16. The zero-order valence-corrected chi connectivity index (χ0v) is 9.65. The molecule has 0 aliphatic carbocycles. The van der Waals surface area contributed by atoms with E-state index in [0.29, 0.717) is 13.1 Å². The smallest absolute Gasteiger partial charge is 0.225 e. The second kappa shape index (κ2) is 5.47. The molecular formula is C11H22N2O2. The zero-order valence-electron chi connectivity index (χ0n) is 9.65. The van der Waals surface area contributed by atoms with Gasteiger partial charge in [-0.15, -0.1) is 0 Å². The third-order valence-corrected chi connectivity index (χ3v) is 2.89. The van der Waals surface area contributed by atoms with Crippen LogP contribution in [0.5, 0.6) is 0 Å². The summed E-state index contributed by atoms with van der Waals surface area (Å²) < 4.78 is 0. The van der Waals surface area contributed by atoms with Crippen LogP contribution in [0, 0.1) is 5.92 Å². The van der Waals surface area contributed by atoms with Gasteiger partial charge in [0, 0.05) is 25.0 Å². The SMILES string of the molecule is CC(N)CCCC(C)C(=O)N1CC(O)C1. The van der Waals surface area contributed by atoms with Crippen LogP contribution < -0.4 is 5.73 Å². The number of aliphatic hydroxyl groups excluding tert-OH is 1. The van der Waals surface area contributed by atoms with Gasteiger partial charge in [-0.05, 0) is 19.8 Å². The summed E-state index contributed by atoms with van der Waals surface area (Å²) in [6, 6.07) is 0.220. The fraction of sp³-hybridized carbons (Fsp3) is 0.909. The highest BCUT2D eigenvalue weighted by Gasteiger charge is 2.31. The van der Waals surface area contributed by atoms with Crippen LogP contribution in [0.15, 0.2) is 0 Å². The van der Waals surface area contributed by atoms with E-state index in [-0.39, 0.29) is 24.0 Å². The van der Waals surface area contributed by atoms with E-state index in [2.05, 4.69) is 0 Å². The minimum Gasteiger partial charge on any atom is -0.389 e. The van der Waals surface area contributed by atoms with Crippen LogP contribution in [0.25, 0.3) is 0 Å². The van der Waals surface area contributed by atoms with Crippen LogP contribution in [-0.2, 0) is 4.79 Å². The summed E-state index contributed by atoms with van der Waals surface area (Å²) in [5.74, 6) is 0.237. The van der Waals surface area contributed by atoms with E-state index in [1.807, 2.05) is 13.8 Å². The molecule has 4 nitrogen and oxygen atoms in total. The zero-order chi connectivity index (χ0) is 11.4. The second-order valence-electron chi connectivity index (χ2n) is 4.71. The maximum absolute atomic E-state index is 11.7. The maximum Gasteiger partial charge on any atom is 0.225 e. The van der Waals surface area contributed by atoms with Crippen LogP contribution in [0.4, 0.5) is 0 Å². The van der Waals surface area contributed by atoms with Gasteiger partial charge in [-0.2, -0.15) is 0 Å². The van der Waals surface area contributed by atoms with Gasteiger partial charge in [-0.1, -0.05) is 13.3 Å². The van der Waals surface area contributed by atoms with Crippen molar-refractivity contribution in [2.45, 2.75) is 45.3 Å². The lowest BCUT2D eigenvalue weighted by Crippen LogP contribution is -2.54. The fourth-order valence-corrected chi connectivity index (χ4v) is 1.82. The molecule has 0 aromatic carbocycles. The topological polar surface area (TPSA) is 66.6 Å². The monoisotopic (exact) mass is 214 g/mol. The molecule has 1 aliphatic heterocycles. The predicted octanol–water partition coefficient (Wildman–Crippen LogP) is 0.343. The summed E-state index contributed by atoms with van der Waals surface area (Å²) in [5.41, 5.74) is 5.64. The number of carbonyl (C=O) groups is 1. The Bertz CT molecular complexity index is 213. The van der Waals surface area contributed by atoms with Gasteiger partial charge in [-0.3, -0.25) is 4.79 Å². The number of amides is 1. The molecule has 0 spiro atoms. The number of hydrogen-bond acceptors (Lipinski definition) is 3. The molecule has 1 heterocycles. The molecule has 15 heavy (non-hydrogen) atoms. The van der Waals surface area contributed by atoms with Crippen LogP contribution in [-0.4, -0.2) is 41.1 Å². The first-order valence-corrected chi connectivity index (χ1v) is 5.73. The number of hydrogen-bond donors (Lipinski definition) is 2. The van der Waals surface area contributed by atoms with E-state index in [1.54, 1.807) is 4.90 Å². The van der Waals surface area contributed by atoms with Gasteiger partial charge in [0.05, 0.1) is 6.10 Å². The van der Waals surface area contributed by atoms with Crippen molar-refractivity contribution in [1.29, 1.82) is 0 Å². The van der Waals surface area contributed by atoms with Crippen LogP contribution in [0.2, 0.25) is 0 Å². The minimum atomic E-state index is -0.301. The third-order valence-electron chi connectivity index (χ3n) is 2.89. The molecule has 1 rings (SSSR count). The Kier molecular flexibility index (Phi) is 4.54. The highest BCUT2D eigenvalue weighted by molar-refractivity contribution is 5.79. The third kappa shape index (κ3) is 3.80. The average molecular weight is 214 g/mol. The Labute approximate surface area is 91.4 Å². The van der Waals surface area contributed by atoms with E-state index in [1.165, 1.54) is 0 Å². The summed E-state index contributed by atoms with van der Waals surface area (Å²) in [6.07, 6.45) is 2.57. The molecule has 88 valence electrons. The van der Waals surface area contributed by atoms with E-state index >= 15 is 0 Å². The fourth-order valence-electron chi connectivity index (χ4n) is 1.82. The lowest BCUT2D eigenvalue weighted by molar-refractivity contribution is -0.145. The first-order chi connectivity index (χ1) is 7.00. The lowest BCUT2D eigenvalue weighted by Gasteiger charge is -2.37. The van der Waals surface area contributed by atoms with Crippen molar-refractivity contribution in [3.63, 3.8) is 0 Å². The Morgan fingerprint density at radius 1 is 1.47 bits per heavy atom. The molecule has 1 saturated heterocycles. The van der Waals surface area contributed by atoms with E-state index < -0.39 is 0 Å². The van der Waals surface area contributed by atoms with Crippen molar-refractivity contribution in [2.24, 2.45) is 11.7 Å². The van der Waals surface area contributed by atoms with Crippen molar-refractivity contribution in [3.8, 4) is 0 Å². The quantitative estimate of drug-likeness (QED) is 0.693. The van der Waals surface area contributed by atoms with Crippen molar-refractivity contribution in [2.75, 3.05) is 13.1 Å². The number of nitrogens with two attached hydrogens (primary N) is 1. The number of rotatable bonds is 5. The highest BCUT2D eigenvalue weighted by Crippen LogP contribution is 2.16. The molecule has 3 N–H and O–H groups in total. The summed E-state index contributed by atoms with van der Waals surface area (Å²) in [6.45, 7) is 4.96. The number of likely N-dealkylation sites (tertiary alicyclic amines) is 1. The molecule has 1 fully saturated rings. The molecule has 2 unspecified atom stereocenters. The first kappa shape index (κ1) is 12.5. The van der Waals surface area contributed by atoms with Gasteiger partial charge in [-0.25, -0.2) is 0 Å². The van der Waals surface area contributed by atoms with Gasteiger partial charge in [0.1, 0.15) is 0 Å². The summed E-state index contributed by atoms with van der Waals surface area (Å²) in [5, 5.41) is 9.09. The Morgan fingerprint density at radius 2 is 2.07 bits per heavy atom. The van der Waals surface area contributed by atoms with Crippen LogP contribution >= 0.6 is 0 Å². The highest BCUT2D eigenvalue weighted by atomic mass is 16.3. The molecule has 0 aromatic heterocycles. The van der Waals surface area contributed by atoms with Gasteiger partial charge in [0.2, 0.25) is 5.91 Å². The first-order valence-electron chi connectivity index (χ1n) is 5.73. The van der Waals surface area contributed by atoms with E-state index in [9.17, 15) is 4.79 Å². The van der Waals surface area contributed by atoms with E-state index in [4.69, 9.17) is 10.8 Å². The number of carbonyl (C=O) groups excluding carboxylic acids is 1. The van der Waals surface area contributed by atoms with Gasteiger partial charge in [0.25, 0.3) is 0 Å². The molecule has 2 atom stereocenters. The molecule has 1 aliphatic rings. The van der Waals surface area contributed by atoms with Gasteiger partial charge >= 0.3 is 0 Å². The standard InChI is InChI=1S/C11H22N2O2/c1-8(4-3-5-9(2)12)11(15)13-6-10(14)7-13/h8-10,14H,3-7,12H2,1-2H3. The summed E-state index contributed by atoms with van der Waals surface area (Å²) >= 11 is 0. The predicted molar refractivity (Wildman–Crippen MR) is 59.3 cm³/mol. The van der Waals surface area contributed by atoms with E-state index in [0.717, 1.165) is 19.3 Å². The van der Waals surface area contributed by atoms with Gasteiger partial charge in [0.15, 0.2) is 0 Å². The number of nitrogens with zero attached hydrogens (tertiary/aromatic N) is 1. The van der Waals surface area contributed by atoms with Crippen LogP contribution in [0.1, 0.15) is 33.1 Å². The van der Waals surface area contributed by atoms with Gasteiger partial charge < -0.3 is 15.7 Å². The Hall–Kier alpha value is -0.610. The average Bonchev–Trinajstić information content (AvgIpc) is 2.11. The van der Waals surface area contributed by atoms with Crippen LogP contribution in [0.3, 0.4) is 0 Å². The Morgan fingerprint density at radius 3 is 2.53 bits per heavy atom. The summed E-state index contributed by atoms with van der Waals surface area (Å²) in [7, 11) is 0. The molecule has 1 amide bonds. The normalized spacial score (nSPS) is 20.9. The second-order valence-corrected chi connectivity index (χ2v) is 4.71. The van der Waals surface area contributed by atoms with Crippen molar-refractivity contribution < 1.29 is 9.90 Å². The van der Waals surface area contributed by atoms with Crippen molar-refractivity contribution in [3.05, 3.63) is 0 Å². The van der Waals surface area contributed by atoms with Crippen molar-refractivity contribution >= 4 is 5.91 Å². The summed E-state index contributed by atoms with van der Waals surface area (Å²) in [4.78, 5) is 13.5. The molecule has 0 saturated carbocycles. The molecule has 0 aromatic rings. The number of β-amino-alcohol motifs (C(OH)–C–C–N with tert-alkyl or cyclic N) is 1. The largest absolute Gasteiger partial charge is 0.389 e. The molecule has 0 bridgehead atoms. The lowest BCUT2D eigenvalue weighted by atomic mass is 9.99. The molecular weight excluding hydrogens is 192 g/mol. The molecule has 4 heteroatoms. The van der Waals surface area contributed by atoms with Crippen molar-refractivity contribution in [1.82, 2.24) is 4.90 Å². The maximum atomic E-state index is 11.7. The number of aliphatic hydroxyl groups is 1. The molecule has 0 radical (unpaired) electrons.